The number of likely N-dealkylation sites (tertiary alicyclic amines) is 1. The van der Waals surface area contributed by atoms with Crippen molar-refractivity contribution in [3.8, 4) is 0 Å². The predicted octanol–water partition coefficient (Wildman–Crippen LogP) is 2.08. The van der Waals surface area contributed by atoms with Crippen LogP contribution in [0, 0.1) is 0 Å². The van der Waals surface area contributed by atoms with E-state index in [4.69, 9.17) is 0 Å². The fourth-order valence-electron chi connectivity index (χ4n) is 2.44. The average molecular weight is 228 g/mol. The van der Waals surface area contributed by atoms with E-state index in [1.165, 1.54) is 25.7 Å². The van der Waals surface area contributed by atoms with Crippen molar-refractivity contribution in [2.75, 3.05) is 19.3 Å². The normalized spacial score (nSPS) is 27.3. The molecule has 0 unspecified atom stereocenters. The molecule has 2 amide bonds. The summed E-state index contributed by atoms with van der Waals surface area (Å²) < 4.78 is 0. The van der Waals surface area contributed by atoms with E-state index >= 15 is 0 Å². The topological polar surface area (TPSA) is 32.3 Å². The molecule has 2 aliphatic rings. The van der Waals surface area contributed by atoms with Crippen LogP contribution in [0.2, 0.25) is 0 Å². The second-order valence-electron chi connectivity index (χ2n) is 4.52. The number of nitrogens with one attached hydrogen (secondary N) is 1. The van der Waals surface area contributed by atoms with Gasteiger partial charge in [0.1, 0.15) is 0 Å². The molecular weight excluding hydrogens is 208 g/mol. The zero-order valence-electron chi connectivity index (χ0n) is 9.37. The zero-order valence-corrected chi connectivity index (χ0v) is 10.2. The van der Waals surface area contributed by atoms with Crippen LogP contribution < -0.4 is 5.32 Å². The van der Waals surface area contributed by atoms with Gasteiger partial charge in [0.25, 0.3) is 0 Å². The molecule has 0 aromatic carbocycles. The number of carbonyl (C=O) groups is 1. The van der Waals surface area contributed by atoms with Crippen molar-refractivity contribution >= 4 is 17.8 Å². The van der Waals surface area contributed by atoms with Gasteiger partial charge >= 0.3 is 6.03 Å². The van der Waals surface area contributed by atoms with Gasteiger partial charge in [0, 0.05) is 24.4 Å². The molecule has 15 heavy (non-hydrogen) atoms. The Morgan fingerprint density at radius 2 is 2.07 bits per heavy atom. The van der Waals surface area contributed by atoms with Gasteiger partial charge in [-0.2, -0.15) is 11.8 Å². The van der Waals surface area contributed by atoms with Crippen molar-refractivity contribution in [3.05, 3.63) is 0 Å². The minimum Gasteiger partial charge on any atom is -0.335 e. The summed E-state index contributed by atoms with van der Waals surface area (Å²) >= 11 is 1.87. The van der Waals surface area contributed by atoms with Crippen LogP contribution in [0.1, 0.15) is 32.1 Å². The zero-order chi connectivity index (χ0) is 10.7. The lowest BCUT2D eigenvalue weighted by Crippen LogP contribution is -2.43. The number of amides is 2. The van der Waals surface area contributed by atoms with Crippen LogP contribution in [-0.4, -0.2) is 41.6 Å². The van der Waals surface area contributed by atoms with E-state index in [0.29, 0.717) is 11.3 Å². The molecule has 1 atom stereocenters. The first-order chi connectivity index (χ1) is 7.29. The Balaban J connectivity index is 1.76. The van der Waals surface area contributed by atoms with E-state index in [2.05, 4.69) is 11.6 Å². The van der Waals surface area contributed by atoms with Gasteiger partial charge in [-0.25, -0.2) is 4.79 Å². The molecule has 0 aromatic rings. The Hall–Kier alpha value is -0.380. The Kier molecular flexibility index (Phi) is 3.78. The molecule has 2 fully saturated rings. The third-order valence-corrected chi connectivity index (χ3v) is 4.50. The van der Waals surface area contributed by atoms with E-state index < -0.39 is 0 Å². The number of carbonyl (C=O) groups excluding carboxylic acids is 1. The number of rotatable bonds is 2. The Labute approximate surface area is 96.0 Å². The van der Waals surface area contributed by atoms with Gasteiger partial charge in [-0.3, -0.25) is 0 Å². The number of hydrogen-bond donors (Lipinski definition) is 1. The minimum atomic E-state index is 0.165. The van der Waals surface area contributed by atoms with E-state index in [0.717, 1.165) is 19.5 Å². The van der Waals surface area contributed by atoms with Crippen molar-refractivity contribution < 1.29 is 4.79 Å². The van der Waals surface area contributed by atoms with Crippen LogP contribution in [0.15, 0.2) is 0 Å². The van der Waals surface area contributed by atoms with Crippen molar-refractivity contribution in [2.24, 2.45) is 0 Å². The van der Waals surface area contributed by atoms with E-state index in [1.807, 2.05) is 16.7 Å². The SMILES string of the molecule is CS[C@H]1CCN(C(=O)NC2CCCC2)C1. The fraction of sp³-hybridized carbons (Fsp3) is 0.909. The Bertz CT molecular complexity index is 229. The molecule has 0 spiro atoms. The summed E-state index contributed by atoms with van der Waals surface area (Å²) in [5.74, 6) is 0. The van der Waals surface area contributed by atoms with Gasteiger partial charge < -0.3 is 10.2 Å². The molecule has 4 heteroatoms. The van der Waals surface area contributed by atoms with Crippen molar-refractivity contribution in [1.82, 2.24) is 10.2 Å². The van der Waals surface area contributed by atoms with Crippen LogP contribution in [0.3, 0.4) is 0 Å². The number of urea groups is 1. The molecule has 1 aliphatic heterocycles. The van der Waals surface area contributed by atoms with E-state index in [1.54, 1.807) is 0 Å². The van der Waals surface area contributed by atoms with Gasteiger partial charge in [0.2, 0.25) is 0 Å². The van der Waals surface area contributed by atoms with Crippen molar-refractivity contribution in [3.63, 3.8) is 0 Å². The van der Waals surface area contributed by atoms with Gasteiger partial charge in [-0.1, -0.05) is 12.8 Å². The van der Waals surface area contributed by atoms with Crippen LogP contribution in [-0.2, 0) is 0 Å². The first-order valence-electron chi connectivity index (χ1n) is 5.88. The second kappa shape index (κ2) is 5.10. The third-order valence-electron chi connectivity index (χ3n) is 3.45. The highest BCUT2D eigenvalue weighted by Crippen LogP contribution is 2.21. The highest BCUT2D eigenvalue weighted by molar-refractivity contribution is 7.99. The van der Waals surface area contributed by atoms with E-state index in [-0.39, 0.29) is 6.03 Å². The summed E-state index contributed by atoms with van der Waals surface area (Å²) in [6.45, 7) is 1.86. The van der Waals surface area contributed by atoms with Gasteiger partial charge in [-0.05, 0) is 25.5 Å². The monoisotopic (exact) mass is 228 g/mol. The first-order valence-corrected chi connectivity index (χ1v) is 7.16. The first kappa shape index (κ1) is 11.1. The molecule has 1 heterocycles. The van der Waals surface area contributed by atoms with Crippen LogP contribution >= 0.6 is 11.8 Å². The summed E-state index contributed by atoms with van der Waals surface area (Å²) in [6.07, 6.45) is 8.18. The van der Waals surface area contributed by atoms with Gasteiger partial charge in [0.05, 0.1) is 0 Å². The number of hydrogen-bond acceptors (Lipinski definition) is 2. The summed E-state index contributed by atoms with van der Waals surface area (Å²) in [4.78, 5) is 13.8. The van der Waals surface area contributed by atoms with E-state index in [9.17, 15) is 4.79 Å². The van der Waals surface area contributed by atoms with Crippen LogP contribution in [0.4, 0.5) is 4.79 Å². The predicted molar refractivity (Wildman–Crippen MR) is 64.3 cm³/mol. The molecular formula is C11H20N2OS. The average Bonchev–Trinajstić information content (AvgIpc) is 2.86. The lowest BCUT2D eigenvalue weighted by Gasteiger charge is -2.20. The summed E-state index contributed by atoms with van der Waals surface area (Å²) in [5, 5.41) is 3.80. The lowest BCUT2D eigenvalue weighted by molar-refractivity contribution is 0.205. The maximum Gasteiger partial charge on any atom is 0.317 e. The molecule has 86 valence electrons. The standard InChI is InChI=1S/C11H20N2OS/c1-15-10-6-7-13(8-10)11(14)12-9-4-2-3-5-9/h9-10H,2-8H2,1H3,(H,12,14)/t10-/m0/s1. The number of thioether (sulfide) groups is 1. The molecule has 1 N–H and O–H groups in total. The van der Waals surface area contributed by atoms with Crippen LogP contribution in [0.25, 0.3) is 0 Å². The molecule has 1 aliphatic carbocycles. The van der Waals surface area contributed by atoms with Crippen molar-refractivity contribution in [2.45, 2.75) is 43.4 Å². The largest absolute Gasteiger partial charge is 0.335 e. The molecule has 1 saturated carbocycles. The maximum absolute atomic E-state index is 11.9. The molecule has 2 rings (SSSR count). The van der Waals surface area contributed by atoms with Gasteiger partial charge in [-0.15, -0.1) is 0 Å². The summed E-state index contributed by atoms with van der Waals surface area (Å²) in [6, 6.07) is 0.615. The lowest BCUT2D eigenvalue weighted by atomic mass is 10.2. The van der Waals surface area contributed by atoms with Crippen molar-refractivity contribution in [1.29, 1.82) is 0 Å². The maximum atomic E-state index is 11.9. The molecule has 3 nitrogen and oxygen atoms in total. The highest BCUT2D eigenvalue weighted by Gasteiger charge is 2.27. The molecule has 1 saturated heterocycles. The number of nitrogens with zero attached hydrogens (tertiary/aromatic N) is 1. The smallest absolute Gasteiger partial charge is 0.317 e. The molecule has 0 radical (unpaired) electrons. The van der Waals surface area contributed by atoms with Crippen LogP contribution in [0.5, 0.6) is 0 Å². The summed E-state index contributed by atoms with van der Waals surface area (Å²) in [5.41, 5.74) is 0. The minimum absolute atomic E-state index is 0.165. The Morgan fingerprint density at radius 3 is 2.67 bits per heavy atom. The second-order valence-corrected chi connectivity index (χ2v) is 5.66. The van der Waals surface area contributed by atoms with Gasteiger partial charge in [0.15, 0.2) is 0 Å². The fourth-order valence-corrected chi connectivity index (χ4v) is 3.11. The molecule has 0 bridgehead atoms. The third kappa shape index (κ3) is 2.80. The molecule has 0 aromatic heterocycles. The highest BCUT2D eigenvalue weighted by atomic mass is 32.2. The Morgan fingerprint density at radius 1 is 1.33 bits per heavy atom. The summed E-state index contributed by atoms with van der Waals surface area (Å²) in [7, 11) is 0. The quantitative estimate of drug-likeness (QED) is 0.785.